The third kappa shape index (κ3) is 3.77. The lowest BCUT2D eigenvalue weighted by molar-refractivity contribution is 0.281. The number of nitrogens with two attached hydrogens (primary N) is 1. The Morgan fingerprint density at radius 1 is 1.00 bits per heavy atom. The van der Waals surface area contributed by atoms with Crippen molar-refractivity contribution < 1.29 is 9.84 Å². The molecule has 0 radical (unpaired) electrons. The molecule has 19 heavy (non-hydrogen) atoms. The van der Waals surface area contributed by atoms with Crippen LogP contribution in [0.1, 0.15) is 16.7 Å². The van der Waals surface area contributed by atoms with Crippen molar-refractivity contribution >= 4 is 17.2 Å². The predicted octanol–water partition coefficient (Wildman–Crippen LogP) is 2.39. The number of thiocarbonyl (C=S) groups is 1. The van der Waals surface area contributed by atoms with Gasteiger partial charge in [-0.2, -0.15) is 0 Å². The lowest BCUT2D eigenvalue weighted by Crippen LogP contribution is -2.08. The SMILES string of the molecule is NC(=S)c1ccc(OCc2ccc(CO)cc2)cc1. The highest BCUT2D eigenvalue weighted by Gasteiger charge is 1.99. The predicted molar refractivity (Wildman–Crippen MR) is 79.0 cm³/mol. The lowest BCUT2D eigenvalue weighted by Gasteiger charge is -2.07. The average molecular weight is 273 g/mol. The molecule has 0 aliphatic carbocycles. The molecular weight excluding hydrogens is 258 g/mol. The molecule has 0 bridgehead atoms. The topological polar surface area (TPSA) is 55.5 Å². The number of ether oxygens (including phenoxy) is 1. The van der Waals surface area contributed by atoms with Gasteiger partial charge >= 0.3 is 0 Å². The molecular formula is C15H15NO2S. The Morgan fingerprint density at radius 2 is 1.58 bits per heavy atom. The van der Waals surface area contributed by atoms with Crippen LogP contribution in [0.15, 0.2) is 48.5 Å². The van der Waals surface area contributed by atoms with Gasteiger partial charge in [-0.3, -0.25) is 0 Å². The van der Waals surface area contributed by atoms with Gasteiger partial charge < -0.3 is 15.6 Å². The van der Waals surface area contributed by atoms with Gasteiger partial charge in [-0.1, -0.05) is 36.5 Å². The molecule has 0 aromatic heterocycles. The Kier molecular flexibility index (Phi) is 4.49. The van der Waals surface area contributed by atoms with Gasteiger partial charge in [0.05, 0.1) is 6.61 Å². The fraction of sp³-hybridized carbons (Fsp3) is 0.133. The van der Waals surface area contributed by atoms with Crippen LogP contribution in [-0.4, -0.2) is 10.1 Å². The second kappa shape index (κ2) is 6.31. The first-order valence-corrected chi connectivity index (χ1v) is 6.31. The number of hydrogen-bond donors (Lipinski definition) is 2. The molecule has 3 N–H and O–H groups in total. The number of aliphatic hydroxyl groups excluding tert-OH is 1. The maximum absolute atomic E-state index is 8.96. The van der Waals surface area contributed by atoms with E-state index in [2.05, 4.69) is 0 Å². The van der Waals surface area contributed by atoms with E-state index in [4.69, 9.17) is 27.8 Å². The second-order valence-corrected chi connectivity index (χ2v) is 4.59. The van der Waals surface area contributed by atoms with Crippen molar-refractivity contribution in [2.24, 2.45) is 5.73 Å². The molecule has 2 aromatic carbocycles. The van der Waals surface area contributed by atoms with Crippen LogP contribution in [0.2, 0.25) is 0 Å². The number of benzene rings is 2. The van der Waals surface area contributed by atoms with Crippen LogP contribution < -0.4 is 10.5 Å². The molecule has 0 saturated carbocycles. The Balaban J connectivity index is 1.95. The van der Waals surface area contributed by atoms with E-state index in [-0.39, 0.29) is 6.61 Å². The molecule has 0 aliphatic rings. The van der Waals surface area contributed by atoms with Gasteiger partial charge in [0.2, 0.25) is 0 Å². The van der Waals surface area contributed by atoms with Gasteiger partial charge in [0.25, 0.3) is 0 Å². The van der Waals surface area contributed by atoms with E-state index in [0.29, 0.717) is 11.6 Å². The first kappa shape index (κ1) is 13.5. The summed E-state index contributed by atoms with van der Waals surface area (Å²) in [5, 5.41) is 8.96. The van der Waals surface area contributed by atoms with E-state index in [0.717, 1.165) is 22.4 Å². The van der Waals surface area contributed by atoms with Crippen LogP contribution >= 0.6 is 12.2 Å². The zero-order valence-corrected chi connectivity index (χ0v) is 11.2. The van der Waals surface area contributed by atoms with E-state index < -0.39 is 0 Å². The van der Waals surface area contributed by atoms with Gasteiger partial charge in [-0.05, 0) is 35.4 Å². The summed E-state index contributed by atoms with van der Waals surface area (Å²) in [5.74, 6) is 0.770. The maximum atomic E-state index is 8.96. The number of aliphatic hydroxyl groups is 1. The average Bonchev–Trinajstić information content (AvgIpc) is 2.46. The Hall–Kier alpha value is -1.91. The van der Waals surface area contributed by atoms with Crippen molar-refractivity contribution in [3.8, 4) is 5.75 Å². The van der Waals surface area contributed by atoms with Crippen molar-refractivity contribution in [2.45, 2.75) is 13.2 Å². The van der Waals surface area contributed by atoms with Gasteiger partial charge in [0.1, 0.15) is 17.3 Å². The summed E-state index contributed by atoms with van der Waals surface area (Å²) in [6, 6.07) is 15.0. The summed E-state index contributed by atoms with van der Waals surface area (Å²) in [7, 11) is 0. The molecule has 0 amide bonds. The molecule has 98 valence electrons. The molecule has 0 fully saturated rings. The van der Waals surface area contributed by atoms with Gasteiger partial charge in [-0.25, -0.2) is 0 Å². The summed E-state index contributed by atoms with van der Waals surface area (Å²) in [6.07, 6.45) is 0. The highest BCUT2D eigenvalue weighted by Crippen LogP contribution is 2.14. The molecule has 0 unspecified atom stereocenters. The van der Waals surface area contributed by atoms with Gasteiger partial charge in [-0.15, -0.1) is 0 Å². The third-order valence-electron chi connectivity index (χ3n) is 2.75. The first-order chi connectivity index (χ1) is 9.19. The summed E-state index contributed by atoms with van der Waals surface area (Å²) in [4.78, 5) is 0.381. The fourth-order valence-corrected chi connectivity index (χ4v) is 1.76. The van der Waals surface area contributed by atoms with Gasteiger partial charge in [0, 0.05) is 5.56 Å². The zero-order valence-electron chi connectivity index (χ0n) is 10.4. The van der Waals surface area contributed by atoms with E-state index in [9.17, 15) is 0 Å². The molecule has 2 rings (SSSR count). The summed E-state index contributed by atoms with van der Waals surface area (Å²) >= 11 is 4.89. The van der Waals surface area contributed by atoms with Crippen LogP contribution in [0.5, 0.6) is 5.75 Å². The van der Waals surface area contributed by atoms with Crippen LogP contribution in [0, 0.1) is 0 Å². The summed E-state index contributed by atoms with van der Waals surface area (Å²) < 4.78 is 5.65. The summed E-state index contributed by atoms with van der Waals surface area (Å²) in [5.41, 5.74) is 8.30. The van der Waals surface area contributed by atoms with Crippen molar-refractivity contribution in [3.63, 3.8) is 0 Å². The van der Waals surface area contributed by atoms with Crippen molar-refractivity contribution in [3.05, 3.63) is 65.2 Å². The third-order valence-corrected chi connectivity index (χ3v) is 2.99. The molecule has 0 aliphatic heterocycles. The molecule has 0 saturated heterocycles. The minimum Gasteiger partial charge on any atom is -0.489 e. The molecule has 0 atom stereocenters. The largest absolute Gasteiger partial charge is 0.489 e. The molecule has 0 heterocycles. The first-order valence-electron chi connectivity index (χ1n) is 5.90. The van der Waals surface area contributed by atoms with Crippen molar-refractivity contribution in [2.75, 3.05) is 0 Å². The minimum absolute atomic E-state index is 0.0571. The molecule has 2 aromatic rings. The highest BCUT2D eigenvalue weighted by molar-refractivity contribution is 7.80. The number of rotatable bonds is 5. The lowest BCUT2D eigenvalue weighted by atomic mass is 10.1. The van der Waals surface area contributed by atoms with E-state index >= 15 is 0 Å². The van der Waals surface area contributed by atoms with E-state index in [1.54, 1.807) is 0 Å². The van der Waals surface area contributed by atoms with Gasteiger partial charge in [0.15, 0.2) is 0 Å². The van der Waals surface area contributed by atoms with Crippen LogP contribution in [0.25, 0.3) is 0 Å². The fourth-order valence-electron chi connectivity index (χ4n) is 1.62. The smallest absolute Gasteiger partial charge is 0.119 e. The quantitative estimate of drug-likeness (QED) is 0.821. The Labute approximate surface area is 117 Å². The molecule has 4 heteroatoms. The van der Waals surface area contributed by atoms with Crippen LogP contribution in [0.3, 0.4) is 0 Å². The van der Waals surface area contributed by atoms with Crippen molar-refractivity contribution in [1.82, 2.24) is 0 Å². The maximum Gasteiger partial charge on any atom is 0.119 e. The minimum atomic E-state index is 0.0571. The number of hydrogen-bond acceptors (Lipinski definition) is 3. The zero-order chi connectivity index (χ0) is 13.7. The summed E-state index contributed by atoms with van der Waals surface area (Å²) in [6.45, 7) is 0.541. The normalized spacial score (nSPS) is 10.2. The van der Waals surface area contributed by atoms with Crippen LogP contribution in [0.4, 0.5) is 0 Å². The highest BCUT2D eigenvalue weighted by atomic mass is 32.1. The monoisotopic (exact) mass is 273 g/mol. The van der Waals surface area contributed by atoms with Crippen molar-refractivity contribution in [1.29, 1.82) is 0 Å². The van der Waals surface area contributed by atoms with Crippen LogP contribution in [-0.2, 0) is 13.2 Å². The van der Waals surface area contributed by atoms with E-state index in [1.165, 1.54) is 0 Å². The standard InChI is InChI=1S/C15H15NO2S/c16-15(19)13-5-7-14(8-6-13)18-10-12-3-1-11(9-17)2-4-12/h1-8,17H,9-10H2,(H2,16,19). The Morgan fingerprint density at radius 3 is 2.11 bits per heavy atom. The molecule has 3 nitrogen and oxygen atoms in total. The van der Waals surface area contributed by atoms with E-state index in [1.807, 2.05) is 48.5 Å². The Bertz CT molecular complexity index is 549. The molecule has 0 spiro atoms. The second-order valence-electron chi connectivity index (χ2n) is 4.15.